The summed E-state index contributed by atoms with van der Waals surface area (Å²) in [7, 11) is 0. The molecule has 0 atom stereocenters. The van der Waals surface area contributed by atoms with E-state index in [0.29, 0.717) is 0 Å². The molecule has 0 aliphatic heterocycles. The molecule has 2 aromatic rings. The predicted molar refractivity (Wildman–Crippen MR) is 107 cm³/mol. The second-order valence-corrected chi connectivity index (χ2v) is 6.64. The van der Waals surface area contributed by atoms with Crippen LogP contribution in [0.4, 0.5) is 0 Å². The second-order valence-electron chi connectivity index (χ2n) is 6.64. The van der Waals surface area contributed by atoms with E-state index < -0.39 is 0 Å². The quantitative estimate of drug-likeness (QED) is 0.469. The minimum absolute atomic E-state index is 0.721. The lowest BCUT2D eigenvalue weighted by Gasteiger charge is -2.12. The molecule has 0 aliphatic rings. The molecule has 0 aromatic heterocycles. The Labute approximate surface area is 153 Å². The van der Waals surface area contributed by atoms with E-state index >= 15 is 0 Å². The van der Waals surface area contributed by atoms with E-state index in [2.05, 4.69) is 66.8 Å². The molecule has 0 amide bonds. The van der Waals surface area contributed by atoms with Crippen LogP contribution < -0.4 is 10.1 Å². The molecule has 0 bridgehead atoms. The van der Waals surface area contributed by atoms with Gasteiger partial charge in [-0.25, -0.2) is 0 Å². The van der Waals surface area contributed by atoms with Gasteiger partial charge >= 0.3 is 0 Å². The average Bonchev–Trinajstić information content (AvgIpc) is 2.66. The van der Waals surface area contributed by atoms with Crippen LogP contribution >= 0.6 is 0 Å². The van der Waals surface area contributed by atoms with Crippen LogP contribution in [0.3, 0.4) is 0 Å². The summed E-state index contributed by atoms with van der Waals surface area (Å²) in [5.41, 5.74) is 2.57. The van der Waals surface area contributed by atoms with Crippen molar-refractivity contribution in [1.29, 1.82) is 0 Å². The van der Waals surface area contributed by atoms with Crippen LogP contribution in [0.15, 0.2) is 54.6 Å². The van der Waals surface area contributed by atoms with Crippen LogP contribution in [-0.2, 0) is 13.0 Å². The summed E-state index contributed by atoms with van der Waals surface area (Å²) in [6.45, 7) is 4.96. The van der Waals surface area contributed by atoms with Crippen molar-refractivity contribution in [2.75, 3.05) is 13.2 Å². The number of hydrogen-bond acceptors (Lipinski definition) is 2. The molecule has 0 radical (unpaired) electrons. The van der Waals surface area contributed by atoms with Gasteiger partial charge in [-0.05, 0) is 24.6 Å². The summed E-state index contributed by atoms with van der Waals surface area (Å²) in [5.74, 6) is 1.01. The maximum atomic E-state index is 6.02. The summed E-state index contributed by atoms with van der Waals surface area (Å²) >= 11 is 0. The highest BCUT2D eigenvalue weighted by Crippen LogP contribution is 2.18. The molecular weight excluding hydrogens is 306 g/mol. The van der Waals surface area contributed by atoms with Crippen molar-refractivity contribution in [3.05, 3.63) is 65.7 Å². The molecule has 2 rings (SSSR count). The number of ether oxygens (including phenoxy) is 1. The summed E-state index contributed by atoms with van der Waals surface area (Å²) in [6.07, 6.45) is 8.99. The van der Waals surface area contributed by atoms with Gasteiger partial charge in [0.2, 0.25) is 0 Å². The van der Waals surface area contributed by atoms with Crippen LogP contribution in [0.1, 0.15) is 56.6 Å². The monoisotopic (exact) mass is 339 g/mol. The smallest absolute Gasteiger partial charge is 0.123 e. The topological polar surface area (TPSA) is 21.3 Å². The average molecular weight is 340 g/mol. The third kappa shape index (κ3) is 8.22. The highest BCUT2D eigenvalue weighted by atomic mass is 16.5. The largest absolute Gasteiger partial charge is 0.493 e. The summed E-state index contributed by atoms with van der Waals surface area (Å²) in [6, 6.07) is 18.9. The molecule has 2 nitrogen and oxygen atoms in total. The predicted octanol–water partition coefficient (Wildman–Crippen LogP) is 5.76. The SMILES string of the molecule is CCCCCCCCNCc1ccccc1OCCc1ccccc1. The molecule has 2 aromatic carbocycles. The number of benzene rings is 2. The van der Waals surface area contributed by atoms with Gasteiger partial charge in [0, 0.05) is 18.5 Å². The van der Waals surface area contributed by atoms with Crippen molar-refractivity contribution in [3.63, 3.8) is 0 Å². The molecule has 0 saturated carbocycles. The summed E-state index contributed by atoms with van der Waals surface area (Å²) < 4.78 is 6.02. The van der Waals surface area contributed by atoms with Crippen molar-refractivity contribution in [2.45, 2.75) is 58.4 Å². The van der Waals surface area contributed by atoms with Crippen LogP contribution in [0.25, 0.3) is 0 Å². The molecule has 136 valence electrons. The van der Waals surface area contributed by atoms with Gasteiger partial charge in [-0.3, -0.25) is 0 Å². The third-order valence-electron chi connectivity index (χ3n) is 4.49. The fraction of sp³-hybridized carbons (Fsp3) is 0.478. The van der Waals surface area contributed by atoms with Crippen LogP contribution in [0, 0.1) is 0 Å². The van der Waals surface area contributed by atoms with Gasteiger partial charge in [-0.2, -0.15) is 0 Å². The zero-order chi connectivity index (χ0) is 17.6. The normalized spacial score (nSPS) is 10.8. The van der Waals surface area contributed by atoms with Gasteiger partial charge in [0.1, 0.15) is 5.75 Å². The maximum absolute atomic E-state index is 6.02. The fourth-order valence-electron chi connectivity index (χ4n) is 2.97. The fourth-order valence-corrected chi connectivity index (χ4v) is 2.97. The lowest BCUT2D eigenvalue weighted by atomic mass is 10.1. The minimum atomic E-state index is 0.721. The first-order valence-electron chi connectivity index (χ1n) is 9.85. The Morgan fingerprint density at radius 3 is 2.36 bits per heavy atom. The van der Waals surface area contributed by atoms with Crippen molar-refractivity contribution in [3.8, 4) is 5.75 Å². The van der Waals surface area contributed by atoms with Gasteiger partial charge in [0.15, 0.2) is 0 Å². The van der Waals surface area contributed by atoms with Crippen molar-refractivity contribution in [1.82, 2.24) is 5.32 Å². The Bertz CT molecular complexity index is 567. The van der Waals surface area contributed by atoms with E-state index in [1.165, 1.54) is 49.7 Å². The Hall–Kier alpha value is -1.80. The lowest BCUT2D eigenvalue weighted by molar-refractivity contribution is 0.317. The zero-order valence-corrected chi connectivity index (χ0v) is 15.7. The molecule has 0 aliphatic carbocycles. The van der Waals surface area contributed by atoms with Gasteiger partial charge in [0.25, 0.3) is 0 Å². The molecule has 0 saturated heterocycles. The highest BCUT2D eigenvalue weighted by molar-refractivity contribution is 5.33. The molecule has 0 unspecified atom stereocenters. The number of unbranched alkanes of at least 4 members (excludes halogenated alkanes) is 5. The molecule has 0 fully saturated rings. The Kier molecular flexibility index (Phi) is 9.80. The summed E-state index contributed by atoms with van der Waals surface area (Å²) in [4.78, 5) is 0. The number of rotatable bonds is 13. The molecule has 2 heteroatoms. The van der Waals surface area contributed by atoms with Gasteiger partial charge in [-0.1, -0.05) is 87.6 Å². The standard InChI is InChI=1S/C23H33NO/c1-2-3-4-5-6-12-18-24-20-22-15-10-11-16-23(22)25-19-17-21-13-8-7-9-14-21/h7-11,13-16,24H,2-6,12,17-20H2,1H3. The Balaban J connectivity index is 1.65. The van der Waals surface area contributed by atoms with E-state index in [-0.39, 0.29) is 0 Å². The number of hydrogen-bond donors (Lipinski definition) is 1. The molecular formula is C23H33NO. The third-order valence-corrected chi connectivity index (χ3v) is 4.49. The zero-order valence-electron chi connectivity index (χ0n) is 15.7. The van der Waals surface area contributed by atoms with E-state index in [9.17, 15) is 0 Å². The van der Waals surface area contributed by atoms with Crippen molar-refractivity contribution in [2.24, 2.45) is 0 Å². The number of para-hydroxylation sites is 1. The minimum Gasteiger partial charge on any atom is -0.493 e. The highest BCUT2D eigenvalue weighted by Gasteiger charge is 2.03. The first-order valence-corrected chi connectivity index (χ1v) is 9.85. The maximum Gasteiger partial charge on any atom is 0.123 e. The van der Waals surface area contributed by atoms with E-state index in [4.69, 9.17) is 4.74 Å². The molecule has 25 heavy (non-hydrogen) atoms. The van der Waals surface area contributed by atoms with Gasteiger partial charge in [-0.15, -0.1) is 0 Å². The molecule has 0 spiro atoms. The van der Waals surface area contributed by atoms with Gasteiger partial charge < -0.3 is 10.1 Å². The molecule has 0 heterocycles. The summed E-state index contributed by atoms with van der Waals surface area (Å²) in [5, 5.41) is 3.56. The van der Waals surface area contributed by atoms with E-state index in [0.717, 1.165) is 31.9 Å². The first-order chi connectivity index (χ1) is 12.4. The van der Waals surface area contributed by atoms with Crippen molar-refractivity contribution >= 4 is 0 Å². The van der Waals surface area contributed by atoms with E-state index in [1.54, 1.807) is 0 Å². The Morgan fingerprint density at radius 2 is 1.52 bits per heavy atom. The van der Waals surface area contributed by atoms with Crippen LogP contribution in [0.2, 0.25) is 0 Å². The van der Waals surface area contributed by atoms with Crippen molar-refractivity contribution < 1.29 is 4.74 Å². The number of nitrogens with one attached hydrogen (secondary N) is 1. The second kappa shape index (κ2) is 12.5. The van der Waals surface area contributed by atoms with Crippen LogP contribution in [0.5, 0.6) is 5.75 Å². The van der Waals surface area contributed by atoms with E-state index in [1.807, 2.05) is 0 Å². The Morgan fingerprint density at radius 1 is 0.800 bits per heavy atom. The van der Waals surface area contributed by atoms with Gasteiger partial charge in [0.05, 0.1) is 6.61 Å². The first kappa shape index (κ1) is 19.5. The van der Waals surface area contributed by atoms with Crippen LogP contribution in [-0.4, -0.2) is 13.2 Å². The lowest BCUT2D eigenvalue weighted by Crippen LogP contribution is -2.15. The molecule has 1 N–H and O–H groups in total.